The van der Waals surface area contributed by atoms with E-state index in [9.17, 15) is 5.11 Å². The van der Waals surface area contributed by atoms with Crippen LogP contribution in [0.4, 0.5) is 5.82 Å². The zero-order chi connectivity index (χ0) is 20.1. The van der Waals surface area contributed by atoms with Crippen molar-refractivity contribution in [2.24, 2.45) is 0 Å². The molecule has 1 aromatic heterocycles. The summed E-state index contributed by atoms with van der Waals surface area (Å²) in [5, 5.41) is 10.9. The highest BCUT2D eigenvalue weighted by atomic mass is 16.3. The summed E-state index contributed by atoms with van der Waals surface area (Å²) >= 11 is 0. The number of rotatable bonds is 6. The van der Waals surface area contributed by atoms with Gasteiger partial charge in [0.1, 0.15) is 12.1 Å². The lowest BCUT2D eigenvalue weighted by Crippen LogP contribution is -2.59. The van der Waals surface area contributed by atoms with Crippen LogP contribution < -0.4 is 4.90 Å². The van der Waals surface area contributed by atoms with Gasteiger partial charge in [0.25, 0.3) is 0 Å². The van der Waals surface area contributed by atoms with Crippen LogP contribution in [-0.2, 0) is 12.8 Å². The minimum absolute atomic E-state index is 0.259. The Balaban J connectivity index is 1.25. The van der Waals surface area contributed by atoms with E-state index in [1.165, 1.54) is 5.56 Å². The Morgan fingerprint density at radius 1 is 1.03 bits per heavy atom. The largest absolute Gasteiger partial charge is 0.390 e. The molecule has 29 heavy (non-hydrogen) atoms. The molecule has 2 aliphatic rings. The van der Waals surface area contributed by atoms with Gasteiger partial charge in [0.05, 0.1) is 6.10 Å². The van der Waals surface area contributed by atoms with Crippen LogP contribution in [0.5, 0.6) is 0 Å². The predicted molar refractivity (Wildman–Crippen MR) is 116 cm³/mol. The molecule has 3 heterocycles. The smallest absolute Gasteiger partial charge is 0.132 e. The molecule has 0 amide bonds. The first-order valence-electron chi connectivity index (χ1n) is 11.0. The normalized spacial score (nSPS) is 24.0. The lowest BCUT2D eigenvalue weighted by atomic mass is 9.99. The molecule has 2 saturated heterocycles. The second-order valence-electron chi connectivity index (χ2n) is 8.20. The summed E-state index contributed by atoms with van der Waals surface area (Å²) in [7, 11) is 0. The maximum atomic E-state index is 10.9. The minimum Gasteiger partial charge on any atom is -0.390 e. The Bertz CT molecular complexity index is 763. The van der Waals surface area contributed by atoms with Gasteiger partial charge in [-0.1, -0.05) is 37.3 Å². The second kappa shape index (κ2) is 9.65. The summed E-state index contributed by atoms with van der Waals surface area (Å²) in [5.74, 6) is 0.945. The fourth-order valence-electron chi connectivity index (χ4n) is 4.56. The fourth-order valence-corrected chi connectivity index (χ4v) is 4.56. The number of anilines is 1. The summed E-state index contributed by atoms with van der Waals surface area (Å²) in [6, 6.07) is 13.0. The van der Waals surface area contributed by atoms with E-state index in [1.807, 2.05) is 0 Å². The maximum absolute atomic E-state index is 10.9. The van der Waals surface area contributed by atoms with Crippen molar-refractivity contribution in [1.82, 2.24) is 19.8 Å². The number of aliphatic hydroxyl groups is 1. The van der Waals surface area contributed by atoms with Gasteiger partial charge in [-0.05, 0) is 24.8 Å². The number of aromatic nitrogens is 2. The van der Waals surface area contributed by atoms with Crippen LogP contribution in [0.1, 0.15) is 24.6 Å². The first-order valence-corrected chi connectivity index (χ1v) is 11.0. The molecular weight excluding hydrogens is 362 g/mol. The summed E-state index contributed by atoms with van der Waals surface area (Å²) in [6.07, 6.45) is 4.31. The number of β-amino-alcohol motifs (C(OH)–C–C–N with tert-alkyl or cyclic N) is 1. The molecule has 1 N–H and O–H groups in total. The molecule has 4 rings (SSSR count). The lowest BCUT2D eigenvalue weighted by molar-refractivity contribution is 0.00967. The fraction of sp³-hybridized carbons (Fsp3) is 0.565. The van der Waals surface area contributed by atoms with Crippen LogP contribution in [0, 0.1) is 0 Å². The highest BCUT2D eigenvalue weighted by Gasteiger charge is 2.34. The van der Waals surface area contributed by atoms with Gasteiger partial charge >= 0.3 is 0 Å². The molecule has 1 aromatic carbocycles. The number of benzene rings is 1. The van der Waals surface area contributed by atoms with Crippen molar-refractivity contribution in [3.8, 4) is 0 Å². The van der Waals surface area contributed by atoms with Crippen molar-refractivity contribution in [3.05, 3.63) is 54.0 Å². The van der Waals surface area contributed by atoms with E-state index in [0.717, 1.165) is 70.0 Å². The molecule has 2 aromatic rings. The van der Waals surface area contributed by atoms with Crippen LogP contribution in [-0.4, -0.2) is 82.8 Å². The highest BCUT2D eigenvalue weighted by molar-refractivity contribution is 5.40. The topological polar surface area (TPSA) is 55.7 Å². The zero-order valence-electron chi connectivity index (χ0n) is 17.5. The zero-order valence-corrected chi connectivity index (χ0v) is 17.5. The van der Waals surface area contributed by atoms with E-state index in [2.05, 4.69) is 68.0 Å². The molecule has 0 unspecified atom stereocenters. The Hall–Kier alpha value is -2.02. The minimum atomic E-state index is -0.334. The second-order valence-corrected chi connectivity index (χ2v) is 8.20. The molecule has 2 atom stereocenters. The van der Waals surface area contributed by atoms with Gasteiger partial charge in [0.2, 0.25) is 0 Å². The molecule has 0 aliphatic carbocycles. The van der Waals surface area contributed by atoms with Gasteiger partial charge in [-0.3, -0.25) is 4.90 Å². The molecule has 6 nitrogen and oxygen atoms in total. The van der Waals surface area contributed by atoms with Crippen LogP contribution in [0.15, 0.2) is 42.7 Å². The van der Waals surface area contributed by atoms with Gasteiger partial charge < -0.3 is 14.9 Å². The number of hydrogen-bond acceptors (Lipinski definition) is 6. The van der Waals surface area contributed by atoms with E-state index in [1.54, 1.807) is 6.33 Å². The third-order valence-corrected chi connectivity index (χ3v) is 6.38. The van der Waals surface area contributed by atoms with Gasteiger partial charge in [-0.25, -0.2) is 9.97 Å². The molecule has 2 aliphatic heterocycles. The standard InChI is InChI=1S/C23H33N5O/c1-2-20-16-23(25-18-24-20)28-11-9-21(22(29)17-28)27-14-12-26(13-15-27)10-8-19-6-4-3-5-7-19/h3-7,16,18,21-22,29H,2,8-15,17H2,1H3/t21-,22-/m0/s1. The molecule has 156 valence electrons. The molecule has 2 fully saturated rings. The average Bonchev–Trinajstić information content (AvgIpc) is 2.79. The Morgan fingerprint density at radius 2 is 1.83 bits per heavy atom. The molecular formula is C23H33N5O. The van der Waals surface area contributed by atoms with E-state index >= 15 is 0 Å². The van der Waals surface area contributed by atoms with Crippen molar-refractivity contribution in [3.63, 3.8) is 0 Å². The summed E-state index contributed by atoms with van der Waals surface area (Å²) < 4.78 is 0. The summed E-state index contributed by atoms with van der Waals surface area (Å²) in [5.41, 5.74) is 2.46. The van der Waals surface area contributed by atoms with Crippen LogP contribution >= 0.6 is 0 Å². The Kier molecular flexibility index (Phi) is 6.74. The predicted octanol–water partition coefficient (Wildman–Crippen LogP) is 1.84. The third-order valence-electron chi connectivity index (χ3n) is 6.38. The number of nitrogens with zero attached hydrogens (tertiary/aromatic N) is 5. The van der Waals surface area contributed by atoms with Crippen LogP contribution in [0.3, 0.4) is 0 Å². The average molecular weight is 396 g/mol. The van der Waals surface area contributed by atoms with Gasteiger partial charge in [0, 0.05) is 63.6 Å². The molecule has 0 bridgehead atoms. The quantitative estimate of drug-likeness (QED) is 0.806. The summed E-state index contributed by atoms with van der Waals surface area (Å²) in [6.45, 7) is 9.08. The first-order chi connectivity index (χ1) is 14.2. The maximum Gasteiger partial charge on any atom is 0.132 e. The van der Waals surface area contributed by atoms with Crippen molar-refractivity contribution in [1.29, 1.82) is 0 Å². The monoisotopic (exact) mass is 395 g/mol. The third kappa shape index (κ3) is 5.13. The number of piperazine rings is 1. The van der Waals surface area contributed by atoms with E-state index < -0.39 is 0 Å². The first kappa shape index (κ1) is 20.3. The van der Waals surface area contributed by atoms with Crippen molar-refractivity contribution in [2.75, 3.05) is 50.7 Å². The number of hydrogen-bond donors (Lipinski definition) is 1. The van der Waals surface area contributed by atoms with Crippen LogP contribution in [0.2, 0.25) is 0 Å². The molecule has 0 spiro atoms. The number of aryl methyl sites for hydroxylation is 1. The van der Waals surface area contributed by atoms with Crippen LogP contribution in [0.25, 0.3) is 0 Å². The number of piperidine rings is 1. The Labute approximate surface area is 174 Å². The Morgan fingerprint density at radius 3 is 2.55 bits per heavy atom. The summed E-state index contributed by atoms with van der Waals surface area (Å²) in [4.78, 5) is 16.0. The van der Waals surface area contributed by atoms with Gasteiger partial charge in [-0.2, -0.15) is 0 Å². The van der Waals surface area contributed by atoms with Gasteiger partial charge in [-0.15, -0.1) is 0 Å². The van der Waals surface area contributed by atoms with Crippen molar-refractivity contribution >= 4 is 5.82 Å². The van der Waals surface area contributed by atoms with E-state index in [0.29, 0.717) is 6.54 Å². The van der Waals surface area contributed by atoms with E-state index in [-0.39, 0.29) is 12.1 Å². The molecule has 0 saturated carbocycles. The molecule has 6 heteroatoms. The number of aliphatic hydroxyl groups excluding tert-OH is 1. The van der Waals surface area contributed by atoms with E-state index in [4.69, 9.17) is 0 Å². The van der Waals surface area contributed by atoms with Gasteiger partial charge in [0.15, 0.2) is 0 Å². The highest BCUT2D eigenvalue weighted by Crippen LogP contribution is 2.23. The SMILES string of the molecule is CCc1cc(N2CC[C@H](N3CCN(CCc4ccccc4)CC3)[C@@H](O)C2)ncn1. The lowest BCUT2D eigenvalue weighted by Gasteiger charge is -2.45. The van der Waals surface area contributed by atoms with Crippen molar-refractivity contribution in [2.45, 2.75) is 38.3 Å². The molecule has 0 radical (unpaired) electrons. The van der Waals surface area contributed by atoms with Crippen molar-refractivity contribution < 1.29 is 5.11 Å².